The van der Waals surface area contributed by atoms with Gasteiger partial charge in [0.05, 0.1) is 6.54 Å². The maximum absolute atomic E-state index is 11.8. The predicted octanol–water partition coefficient (Wildman–Crippen LogP) is 2.07. The maximum Gasteiger partial charge on any atom is 0.234 e. The molecule has 0 aromatic carbocycles. The van der Waals surface area contributed by atoms with Crippen LogP contribution in [0.3, 0.4) is 0 Å². The molecule has 17 heavy (non-hydrogen) atoms. The summed E-state index contributed by atoms with van der Waals surface area (Å²) in [5.41, 5.74) is 0. The van der Waals surface area contributed by atoms with Gasteiger partial charge in [0.15, 0.2) is 0 Å². The Hall–Kier alpha value is -0.570. The highest BCUT2D eigenvalue weighted by atomic mass is 16.2. The highest BCUT2D eigenvalue weighted by Gasteiger charge is 2.29. The third-order valence-corrected chi connectivity index (χ3v) is 4.15. The molecule has 1 amide bonds. The zero-order valence-corrected chi connectivity index (χ0v) is 11.2. The molecule has 3 nitrogen and oxygen atoms in total. The summed E-state index contributed by atoms with van der Waals surface area (Å²) in [5.74, 6) is 1.54. The first-order valence-corrected chi connectivity index (χ1v) is 7.19. The first-order valence-electron chi connectivity index (χ1n) is 7.19. The van der Waals surface area contributed by atoms with Gasteiger partial charge in [0, 0.05) is 12.1 Å². The van der Waals surface area contributed by atoms with Gasteiger partial charge in [-0.2, -0.15) is 0 Å². The molecule has 0 aromatic rings. The monoisotopic (exact) mass is 238 g/mol. The number of rotatable bonds is 5. The molecule has 0 aromatic heterocycles. The fraction of sp³-hybridized carbons (Fsp3) is 0.929. The second kappa shape index (κ2) is 5.85. The van der Waals surface area contributed by atoms with Gasteiger partial charge in [-0.25, -0.2) is 0 Å². The van der Waals surface area contributed by atoms with Crippen LogP contribution in [-0.2, 0) is 4.79 Å². The van der Waals surface area contributed by atoms with Crippen LogP contribution >= 0.6 is 0 Å². The summed E-state index contributed by atoms with van der Waals surface area (Å²) in [6, 6.07) is 1.03. The molecule has 2 saturated carbocycles. The van der Waals surface area contributed by atoms with Crippen LogP contribution in [0.25, 0.3) is 0 Å². The molecule has 0 radical (unpaired) electrons. The molecule has 98 valence electrons. The minimum absolute atomic E-state index is 0.189. The Balaban J connectivity index is 1.75. The van der Waals surface area contributed by atoms with E-state index in [1.54, 1.807) is 0 Å². The molecule has 2 aliphatic rings. The van der Waals surface area contributed by atoms with Crippen molar-refractivity contribution in [3.63, 3.8) is 0 Å². The minimum Gasteiger partial charge on any atom is -0.352 e. The standard InChI is InChI=1S/C14H26N2O/c1-10(2)12-5-3-4-6-13(12)16-14(17)9-15-11-7-8-11/h10-13,15H,3-9H2,1-2H3,(H,16,17). The van der Waals surface area contributed by atoms with E-state index in [1.165, 1.54) is 32.1 Å². The Bertz CT molecular complexity index is 261. The third-order valence-electron chi connectivity index (χ3n) is 4.15. The SMILES string of the molecule is CC(C)C1CCCCC1NC(=O)CNC1CC1. The largest absolute Gasteiger partial charge is 0.352 e. The van der Waals surface area contributed by atoms with Crippen molar-refractivity contribution < 1.29 is 4.79 Å². The lowest BCUT2D eigenvalue weighted by molar-refractivity contribution is -0.121. The van der Waals surface area contributed by atoms with Gasteiger partial charge in [-0.1, -0.05) is 26.7 Å². The summed E-state index contributed by atoms with van der Waals surface area (Å²) in [6.07, 6.45) is 7.52. The Labute approximate surface area is 105 Å². The quantitative estimate of drug-likeness (QED) is 0.770. The highest BCUT2D eigenvalue weighted by Crippen LogP contribution is 2.30. The van der Waals surface area contributed by atoms with E-state index in [0.717, 1.165) is 6.42 Å². The smallest absolute Gasteiger partial charge is 0.234 e. The van der Waals surface area contributed by atoms with Crippen molar-refractivity contribution >= 4 is 5.91 Å². The summed E-state index contributed by atoms with van der Waals surface area (Å²) in [4.78, 5) is 11.8. The normalized spacial score (nSPS) is 29.4. The molecular weight excluding hydrogens is 212 g/mol. The van der Waals surface area contributed by atoms with Crippen LogP contribution in [0.15, 0.2) is 0 Å². The average molecular weight is 238 g/mol. The predicted molar refractivity (Wildman–Crippen MR) is 69.8 cm³/mol. The van der Waals surface area contributed by atoms with Gasteiger partial charge >= 0.3 is 0 Å². The average Bonchev–Trinajstić information content (AvgIpc) is 3.10. The van der Waals surface area contributed by atoms with E-state index in [4.69, 9.17) is 0 Å². The van der Waals surface area contributed by atoms with Crippen molar-refractivity contribution in [1.82, 2.24) is 10.6 Å². The fourth-order valence-corrected chi connectivity index (χ4v) is 2.92. The molecule has 3 heteroatoms. The molecule has 0 spiro atoms. The van der Waals surface area contributed by atoms with Gasteiger partial charge < -0.3 is 10.6 Å². The Morgan fingerprint density at radius 2 is 1.88 bits per heavy atom. The number of carbonyl (C=O) groups excluding carboxylic acids is 1. The van der Waals surface area contributed by atoms with Crippen LogP contribution in [0.5, 0.6) is 0 Å². The lowest BCUT2D eigenvalue weighted by Gasteiger charge is -2.34. The number of hydrogen-bond acceptors (Lipinski definition) is 2. The molecule has 2 N–H and O–H groups in total. The second-order valence-corrected chi connectivity index (χ2v) is 6.02. The molecule has 0 heterocycles. The van der Waals surface area contributed by atoms with Gasteiger partial charge in [-0.05, 0) is 37.5 Å². The lowest BCUT2D eigenvalue weighted by Crippen LogP contribution is -2.47. The number of nitrogens with one attached hydrogen (secondary N) is 2. The van der Waals surface area contributed by atoms with Crippen LogP contribution < -0.4 is 10.6 Å². The van der Waals surface area contributed by atoms with Crippen molar-refractivity contribution in [2.75, 3.05) is 6.54 Å². The van der Waals surface area contributed by atoms with Crippen molar-refractivity contribution in [3.05, 3.63) is 0 Å². The van der Waals surface area contributed by atoms with Crippen molar-refractivity contribution in [2.24, 2.45) is 11.8 Å². The highest BCUT2D eigenvalue weighted by molar-refractivity contribution is 5.78. The number of hydrogen-bond donors (Lipinski definition) is 2. The Morgan fingerprint density at radius 3 is 2.53 bits per heavy atom. The summed E-state index contributed by atoms with van der Waals surface area (Å²) >= 11 is 0. The van der Waals surface area contributed by atoms with Crippen molar-refractivity contribution in [1.29, 1.82) is 0 Å². The van der Waals surface area contributed by atoms with E-state index in [0.29, 0.717) is 30.5 Å². The number of carbonyl (C=O) groups is 1. The van der Waals surface area contributed by atoms with Crippen molar-refractivity contribution in [2.45, 2.75) is 64.5 Å². The summed E-state index contributed by atoms with van der Waals surface area (Å²) in [6.45, 7) is 5.06. The van der Waals surface area contributed by atoms with E-state index in [9.17, 15) is 4.79 Å². The van der Waals surface area contributed by atoms with Gasteiger partial charge in [0.1, 0.15) is 0 Å². The molecule has 2 rings (SSSR count). The van der Waals surface area contributed by atoms with Gasteiger partial charge in [-0.3, -0.25) is 4.79 Å². The molecule has 2 aliphatic carbocycles. The van der Waals surface area contributed by atoms with Crippen LogP contribution in [0, 0.1) is 11.8 Å². The molecular formula is C14H26N2O. The van der Waals surface area contributed by atoms with Crippen LogP contribution in [0.1, 0.15) is 52.4 Å². The van der Waals surface area contributed by atoms with Gasteiger partial charge in [-0.15, -0.1) is 0 Å². The Morgan fingerprint density at radius 1 is 1.18 bits per heavy atom. The lowest BCUT2D eigenvalue weighted by atomic mass is 9.78. The summed E-state index contributed by atoms with van der Waals surface area (Å²) in [7, 11) is 0. The molecule has 0 bridgehead atoms. The third kappa shape index (κ3) is 3.98. The van der Waals surface area contributed by atoms with E-state index in [2.05, 4.69) is 24.5 Å². The van der Waals surface area contributed by atoms with E-state index < -0.39 is 0 Å². The second-order valence-electron chi connectivity index (χ2n) is 6.02. The first kappa shape index (κ1) is 12.9. The molecule has 2 unspecified atom stereocenters. The zero-order valence-electron chi connectivity index (χ0n) is 11.2. The van der Waals surface area contributed by atoms with E-state index in [-0.39, 0.29) is 5.91 Å². The fourth-order valence-electron chi connectivity index (χ4n) is 2.92. The minimum atomic E-state index is 0.189. The first-order chi connectivity index (χ1) is 8.16. The van der Waals surface area contributed by atoms with E-state index in [1.807, 2.05) is 0 Å². The van der Waals surface area contributed by atoms with Gasteiger partial charge in [0.2, 0.25) is 5.91 Å². The summed E-state index contributed by atoms with van der Waals surface area (Å²) < 4.78 is 0. The van der Waals surface area contributed by atoms with E-state index >= 15 is 0 Å². The van der Waals surface area contributed by atoms with Gasteiger partial charge in [0.25, 0.3) is 0 Å². The Kier molecular flexibility index (Phi) is 4.43. The molecule has 2 atom stereocenters. The number of amides is 1. The maximum atomic E-state index is 11.8. The molecule has 0 aliphatic heterocycles. The van der Waals surface area contributed by atoms with Crippen LogP contribution in [0.2, 0.25) is 0 Å². The zero-order chi connectivity index (χ0) is 12.3. The van der Waals surface area contributed by atoms with Crippen molar-refractivity contribution in [3.8, 4) is 0 Å². The molecule has 0 saturated heterocycles. The summed E-state index contributed by atoms with van der Waals surface area (Å²) in [5, 5.41) is 6.51. The van der Waals surface area contributed by atoms with Crippen LogP contribution in [0.4, 0.5) is 0 Å². The van der Waals surface area contributed by atoms with Crippen LogP contribution in [-0.4, -0.2) is 24.5 Å². The topological polar surface area (TPSA) is 41.1 Å². The molecule has 2 fully saturated rings.